The summed E-state index contributed by atoms with van der Waals surface area (Å²) in [7, 11) is -4.98. The maximum atomic E-state index is 12.4. The van der Waals surface area contributed by atoms with Gasteiger partial charge in [0.05, 0.1) is 44.5 Å². The Hall–Kier alpha value is -5.19. The van der Waals surface area contributed by atoms with Crippen LogP contribution >= 0.6 is 12.0 Å². The van der Waals surface area contributed by atoms with Gasteiger partial charge < -0.3 is 15.9 Å². The summed E-state index contributed by atoms with van der Waals surface area (Å²) >= 11 is 0.395. The molecule has 0 fully saturated rings. The molecule has 5 rings (SSSR count). The molecule has 2 heterocycles. The number of carboxylic acids is 1. The number of fused-ring (bicyclic) bond motifs is 2. The maximum absolute atomic E-state index is 12.4. The quantitative estimate of drug-likeness (QED) is 0.0156. The number of aromatic hydroxyl groups is 1. The van der Waals surface area contributed by atoms with Gasteiger partial charge in [-0.3, -0.25) is 29.4 Å². The molecule has 0 aliphatic heterocycles. The van der Waals surface area contributed by atoms with Gasteiger partial charge in [-0.1, -0.05) is 5.04 Å². The van der Waals surface area contributed by atoms with E-state index in [0.29, 0.717) is 17.7 Å². The van der Waals surface area contributed by atoms with Crippen LogP contribution in [0.4, 0.5) is 34.1 Å². The SMILES string of the molecule is CC(=O)O.Nc1c(N=Nc2ccc([N+](=O)[O-])c3cccnc23)c(S(=O)(=O)O)cc2cc(SOOO)c(N=Nc3cccnc3)c(O)c12.[Cu+]. The first-order valence-corrected chi connectivity index (χ1v) is 14.7. The van der Waals surface area contributed by atoms with E-state index < -0.39 is 43.0 Å². The first-order chi connectivity index (χ1) is 22.3. The van der Waals surface area contributed by atoms with E-state index in [0.717, 1.165) is 13.0 Å². The molecular formula is C26H20CuN8O11S2+. The minimum absolute atomic E-state index is 0. The third kappa shape index (κ3) is 8.58. The van der Waals surface area contributed by atoms with Gasteiger partial charge in [0.25, 0.3) is 21.8 Å². The van der Waals surface area contributed by atoms with E-state index in [4.69, 9.17) is 20.9 Å². The van der Waals surface area contributed by atoms with E-state index in [1.165, 1.54) is 48.9 Å². The van der Waals surface area contributed by atoms with Gasteiger partial charge in [0.15, 0.2) is 5.75 Å². The number of phenols is 1. The number of nitrogens with two attached hydrogens (primary N) is 1. The number of benzene rings is 3. The normalized spacial score (nSPS) is 11.4. The summed E-state index contributed by atoms with van der Waals surface area (Å²) in [6.45, 7) is 1.08. The number of nitro groups is 1. The fraction of sp³-hybridized carbons (Fsp3) is 0.0385. The summed E-state index contributed by atoms with van der Waals surface area (Å²) < 4.78 is 39.3. The van der Waals surface area contributed by atoms with Crippen LogP contribution < -0.4 is 5.73 Å². The van der Waals surface area contributed by atoms with Crippen molar-refractivity contribution in [2.24, 2.45) is 20.5 Å². The molecule has 0 radical (unpaired) electrons. The van der Waals surface area contributed by atoms with Gasteiger partial charge in [-0.15, -0.1) is 24.8 Å². The Morgan fingerprint density at radius 1 is 1.06 bits per heavy atom. The molecule has 5 aromatic rings. The van der Waals surface area contributed by atoms with Crippen molar-refractivity contribution in [3.63, 3.8) is 0 Å². The Morgan fingerprint density at radius 2 is 1.75 bits per heavy atom. The van der Waals surface area contributed by atoms with Crippen molar-refractivity contribution in [1.82, 2.24) is 9.97 Å². The first-order valence-electron chi connectivity index (χ1n) is 12.5. The van der Waals surface area contributed by atoms with E-state index >= 15 is 0 Å². The van der Waals surface area contributed by atoms with Crippen molar-refractivity contribution in [2.75, 3.05) is 5.73 Å². The van der Waals surface area contributed by atoms with Crippen LogP contribution in [0.15, 0.2) is 97.4 Å². The summed E-state index contributed by atoms with van der Waals surface area (Å²) in [5, 5.41) is 58.3. The Balaban J connectivity index is 0.00000118. The van der Waals surface area contributed by atoms with Crippen LogP contribution in [-0.4, -0.2) is 49.3 Å². The van der Waals surface area contributed by atoms with Crippen LogP contribution in [0.2, 0.25) is 0 Å². The number of pyridine rings is 2. The van der Waals surface area contributed by atoms with Gasteiger partial charge in [-0.25, -0.2) is 5.26 Å². The number of aromatic nitrogens is 2. The molecule has 2 aromatic heterocycles. The third-order valence-corrected chi connectivity index (χ3v) is 7.32. The van der Waals surface area contributed by atoms with Crippen LogP contribution in [0.5, 0.6) is 5.75 Å². The molecule has 0 saturated carbocycles. The summed E-state index contributed by atoms with van der Waals surface area (Å²) in [5.41, 5.74) is 5.26. The van der Waals surface area contributed by atoms with Crippen molar-refractivity contribution in [1.29, 1.82) is 0 Å². The minimum Gasteiger partial charge on any atom is -0.505 e. The number of hydrogen-bond acceptors (Lipinski definition) is 17. The number of carboxylic acid groups (broad SMARTS) is 1. The summed E-state index contributed by atoms with van der Waals surface area (Å²) in [6, 6.07) is 10.8. The molecule has 22 heteroatoms. The van der Waals surface area contributed by atoms with Crippen LogP contribution in [0.3, 0.4) is 0 Å². The van der Waals surface area contributed by atoms with Gasteiger partial charge in [-0.2, -0.15) is 8.42 Å². The minimum atomic E-state index is -4.98. The zero-order chi connectivity index (χ0) is 34.3. The molecule has 0 atom stereocenters. The van der Waals surface area contributed by atoms with Crippen LogP contribution in [0, 0.1) is 10.1 Å². The van der Waals surface area contributed by atoms with Crippen LogP contribution in [0.25, 0.3) is 21.7 Å². The molecule has 0 amide bonds. The fourth-order valence-electron chi connectivity index (χ4n) is 4.03. The van der Waals surface area contributed by atoms with E-state index in [1.54, 1.807) is 12.1 Å². The average molecular weight is 748 g/mol. The number of nitrogen functional groups attached to an aromatic ring is 1. The predicted molar refractivity (Wildman–Crippen MR) is 165 cm³/mol. The van der Waals surface area contributed by atoms with Crippen molar-refractivity contribution >= 4 is 83.9 Å². The first kappa shape index (κ1) is 37.3. The maximum Gasteiger partial charge on any atom is 1.00 e. The summed E-state index contributed by atoms with van der Waals surface area (Å²) in [6.07, 6.45) is 4.28. The van der Waals surface area contributed by atoms with Crippen LogP contribution in [0.1, 0.15) is 6.92 Å². The number of hydrogen-bond donors (Lipinski definition) is 5. The number of nitro benzene ring substituents is 1. The molecule has 0 aliphatic carbocycles. The number of rotatable bonds is 9. The standard InChI is InChI=1S/C24H16N8O9S2.C2H4O2.Cu/c25-20-19-12(9-17(42-41-40-36)22(24(19)33)30-28-13-3-1-7-26-11-13)10-18(43(37,38)39)23(20)31-29-15-5-6-16(32(34)35)14-4-2-8-27-21(14)15;1-2(3)4;/h1-11,33,36H,25H2,(H,37,38,39);1H3,(H,3,4);/q;;+1. The Bertz CT molecular complexity index is 2170. The van der Waals surface area contributed by atoms with Crippen molar-refractivity contribution in [3.8, 4) is 5.75 Å². The predicted octanol–water partition coefficient (Wildman–Crippen LogP) is 6.57. The van der Waals surface area contributed by atoms with Gasteiger partial charge in [-0.05, 0) is 47.9 Å². The number of azo groups is 2. The number of nitrogens with zero attached hydrogens (tertiary/aromatic N) is 7. The number of carbonyl (C=O) groups is 1. The molecule has 252 valence electrons. The molecule has 0 bridgehead atoms. The molecule has 19 nitrogen and oxygen atoms in total. The van der Waals surface area contributed by atoms with Crippen molar-refractivity contribution in [3.05, 3.63) is 77.2 Å². The smallest absolute Gasteiger partial charge is 0.505 e. The zero-order valence-electron chi connectivity index (χ0n) is 23.8. The second-order valence-corrected chi connectivity index (χ2v) is 11.0. The van der Waals surface area contributed by atoms with Gasteiger partial charge in [0.2, 0.25) is 0 Å². The Labute approximate surface area is 283 Å². The molecule has 0 spiro atoms. The topological polar surface area (TPSA) is 295 Å². The number of aliphatic carboxylic acids is 1. The monoisotopic (exact) mass is 747 g/mol. The number of phenolic OH excluding ortho intramolecular Hbond substituents is 1. The van der Waals surface area contributed by atoms with Gasteiger partial charge in [0, 0.05) is 25.4 Å². The molecule has 0 aliphatic rings. The van der Waals surface area contributed by atoms with E-state index in [-0.39, 0.29) is 60.7 Å². The van der Waals surface area contributed by atoms with Crippen molar-refractivity contribution in [2.45, 2.75) is 16.7 Å². The van der Waals surface area contributed by atoms with E-state index in [9.17, 15) is 28.2 Å². The van der Waals surface area contributed by atoms with Crippen LogP contribution in [-0.2, 0) is 41.4 Å². The molecule has 6 N–H and O–H groups in total. The largest absolute Gasteiger partial charge is 1.00 e. The molecular weight excluding hydrogens is 728 g/mol. The van der Waals surface area contributed by atoms with Gasteiger partial charge in [0.1, 0.15) is 33.2 Å². The number of non-ortho nitro benzene ring substituents is 1. The summed E-state index contributed by atoms with van der Waals surface area (Å²) in [4.78, 5) is 27.1. The zero-order valence-corrected chi connectivity index (χ0v) is 26.4. The third-order valence-electron chi connectivity index (χ3n) is 5.84. The Morgan fingerprint density at radius 3 is 2.38 bits per heavy atom. The second-order valence-electron chi connectivity index (χ2n) is 8.90. The van der Waals surface area contributed by atoms with Gasteiger partial charge >= 0.3 is 17.1 Å². The van der Waals surface area contributed by atoms with Crippen molar-refractivity contribution < 1.29 is 64.6 Å². The molecule has 0 saturated heterocycles. The molecule has 0 unspecified atom stereocenters. The second kappa shape index (κ2) is 16.1. The van der Waals surface area contributed by atoms with E-state index in [1.807, 2.05) is 0 Å². The molecule has 48 heavy (non-hydrogen) atoms. The molecule has 3 aromatic carbocycles. The Kier molecular flexibility index (Phi) is 12.5. The average Bonchev–Trinajstić information content (AvgIpc) is 3.02. The number of anilines is 1. The van der Waals surface area contributed by atoms with E-state index in [2.05, 4.69) is 39.8 Å². The summed E-state index contributed by atoms with van der Waals surface area (Å²) in [5.74, 6) is -1.44. The fourth-order valence-corrected chi connectivity index (χ4v) is 5.20.